The Kier molecular flexibility index (Phi) is 7.03. The van der Waals surface area contributed by atoms with E-state index in [1.807, 2.05) is 54.8 Å². The molecule has 4 rings (SSSR count). The Balaban J connectivity index is 1.57. The number of aromatic nitrogens is 1. The molecule has 0 amide bonds. The molecule has 184 valence electrons. The van der Waals surface area contributed by atoms with E-state index in [4.69, 9.17) is 18.9 Å². The Hall–Kier alpha value is -4.62. The summed E-state index contributed by atoms with van der Waals surface area (Å²) in [6.07, 6.45) is 1.47. The average molecular weight is 489 g/mol. The lowest BCUT2D eigenvalue weighted by atomic mass is 10.1. The molecule has 0 unspecified atom stereocenters. The van der Waals surface area contributed by atoms with E-state index in [0.29, 0.717) is 22.4 Å². The monoisotopic (exact) mass is 489 g/mol. The number of fused-ring (bicyclic) bond motifs is 1. The first-order chi connectivity index (χ1) is 17.3. The molecule has 0 radical (unpaired) electrons. The third kappa shape index (κ3) is 4.92. The van der Waals surface area contributed by atoms with Crippen LogP contribution in [0.4, 0.5) is 5.69 Å². The molecular formula is C26H23N3O7. The first-order valence-electron chi connectivity index (χ1n) is 11.0. The van der Waals surface area contributed by atoms with Crippen molar-refractivity contribution in [1.82, 2.24) is 4.57 Å². The van der Waals surface area contributed by atoms with Gasteiger partial charge in [0.2, 0.25) is 0 Å². The Morgan fingerprint density at radius 2 is 2.00 bits per heavy atom. The molecule has 36 heavy (non-hydrogen) atoms. The number of carbonyl (C=O) groups excluding carboxylic acids is 1. The minimum absolute atomic E-state index is 0.0150. The van der Waals surface area contributed by atoms with Crippen LogP contribution >= 0.6 is 0 Å². The molecule has 10 nitrogen and oxygen atoms in total. The fourth-order valence-electron chi connectivity index (χ4n) is 4.07. The Labute approximate surface area is 207 Å². The molecule has 2 heterocycles. The highest BCUT2D eigenvalue weighted by Gasteiger charge is 2.23. The van der Waals surface area contributed by atoms with Gasteiger partial charge in [-0.15, -0.1) is 0 Å². The quantitative estimate of drug-likeness (QED) is 0.156. The van der Waals surface area contributed by atoms with E-state index < -0.39 is 10.9 Å². The fraction of sp³-hybridized carbons (Fsp3) is 0.231. The number of esters is 1. The zero-order valence-electron chi connectivity index (χ0n) is 19.9. The summed E-state index contributed by atoms with van der Waals surface area (Å²) in [5.74, 6) is 0.267. The van der Waals surface area contributed by atoms with Crippen molar-refractivity contribution in [3.8, 4) is 23.3 Å². The largest absolute Gasteiger partial charge is 0.497 e. The number of rotatable bonds is 7. The number of benzene rings is 2. The molecule has 1 aromatic heterocycles. The van der Waals surface area contributed by atoms with Crippen LogP contribution in [0.2, 0.25) is 0 Å². The number of methoxy groups -OCH3 is 1. The van der Waals surface area contributed by atoms with Crippen molar-refractivity contribution < 1.29 is 28.7 Å². The number of non-ortho nitro benzene ring substituents is 1. The fourth-order valence-corrected chi connectivity index (χ4v) is 4.07. The SMILES string of the molecule is COc1ccc(-n2c(C)cc(/C=C(/C#N)C(=O)OCc3cc([N+](=O)[O-])cc4c3OCOC4)c2C)cc1. The molecule has 0 atom stereocenters. The third-order valence-electron chi connectivity index (χ3n) is 5.78. The second-order valence-corrected chi connectivity index (χ2v) is 8.07. The smallest absolute Gasteiger partial charge is 0.349 e. The van der Waals surface area contributed by atoms with Crippen LogP contribution in [0.15, 0.2) is 48.0 Å². The van der Waals surface area contributed by atoms with Gasteiger partial charge in [0.25, 0.3) is 5.69 Å². The summed E-state index contributed by atoms with van der Waals surface area (Å²) < 4.78 is 23.2. The molecule has 0 fully saturated rings. The van der Waals surface area contributed by atoms with E-state index in [-0.39, 0.29) is 31.3 Å². The summed E-state index contributed by atoms with van der Waals surface area (Å²) in [5, 5.41) is 20.9. The van der Waals surface area contributed by atoms with Crippen LogP contribution in [0.3, 0.4) is 0 Å². The molecule has 0 aliphatic carbocycles. The molecule has 0 bridgehead atoms. The number of hydrogen-bond donors (Lipinski definition) is 0. The third-order valence-corrected chi connectivity index (χ3v) is 5.78. The Morgan fingerprint density at radius 3 is 2.67 bits per heavy atom. The summed E-state index contributed by atoms with van der Waals surface area (Å²) in [6, 6.07) is 13.9. The summed E-state index contributed by atoms with van der Waals surface area (Å²) in [7, 11) is 1.60. The van der Waals surface area contributed by atoms with Crippen LogP contribution in [0.1, 0.15) is 28.1 Å². The lowest BCUT2D eigenvalue weighted by Gasteiger charge is -2.20. The highest BCUT2D eigenvalue weighted by Crippen LogP contribution is 2.33. The molecule has 1 aliphatic heterocycles. The van der Waals surface area contributed by atoms with Gasteiger partial charge >= 0.3 is 5.97 Å². The molecule has 0 spiro atoms. The van der Waals surface area contributed by atoms with Gasteiger partial charge in [0.1, 0.15) is 29.7 Å². The van der Waals surface area contributed by atoms with Crippen molar-refractivity contribution in [1.29, 1.82) is 5.26 Å². The number of nitro groups is 1. The van der Waals surface area contributed by atoms with E-state index in [1.165, 1.54) is 18.2 Å². The number of hydrogen-bond acceptors (Lipinski definition) is 8. The maximum Gasteiger partial charge on any atom is 0.349 e. The first-order valence-corrected chi connectivity index (χ1v) is 11.0. The predicted octanol–water partition coefficient (Wildman–Crippen LogP) is 4.53. The molecule has 0 N–H and O–H groups in total. The van der Waals surface area contributed by atoms with E-state index in [1.54, 1.807) is 7.11 Å². The average Bonchev–Trinajstić information content (AvgIpc) is 3.17. The highest BCUT2D eigenvalue weighted by atomic mass is 16.7. The standard InChI is InChI=1S/C26H23N3O7/c1-16-8-18(17(2)28(16)22-4-6-24(33-3)7-5-22)9-19(12-27)26(30)35-14-21-11-23(29(31)32)10-20-13-34-15-36-25(20)21/h4-11H,13-15H2,1-3H3/b19-9-. The van der Waals surface area contributed by atoms with Gasteiger partial charge < -0.3 is 23.5 Å². The van der Waals surface area contributed by atoms with E-state index in [2.05, 4.69) is 0 Å². The van der Waals surface area contributed by atoms with E-state index in [9.17, 15) is 20.2 Å². The van der Waals surface area contributed by atoms with Crippen molar-refractivity contribution in [2.45, 2.75) is 27.1 Å². The van der Waals surface area contributed by atoms with Crippen LogP contribution in [-0.4, -0.2) is 29.4 Å². The second kappa shape index (κ2) is 10.3. The molecule has 1 aliphatic rings. The summed E-state index contributed by atoms with van der Waals surface area (Å²) in [6.45, 7) is 3.64. The van der Waals surface area contributed by atoms with Crippen LogP contribution in [0, 0.1) is 35.3 Å². The van der Waals surface area contributed by atoms with Crippen molar-refractivity contribution in [3.63, 3.8) is 0 Å². The normalized spacial score (nSPS) is 12.8. The van der Waals surface area contributed by atoms with Gasteiger partial charge in [0.05, 0.1) is 18.6 Å². The molecule has 3 aromatic rings. The molecule has 10 heteroatoms. The van der Waals surface area contributed by atoms with Gasteiger partial charge in [-0.25, -0.2) is 4.79 Å². The molecular weight excluding hydrogens is 466 g/mol. The van der Waals surface area contributed by atoms with Gasteiger partial charge in [-0.2, -0.15) is 5.26 Å². The maximum absolute atomic E-state index is 12.7. The Bertz CT molecular complexity index is 1400. The highest BCUT2D eigenvalue weighted by molar-refractivity contribution is 5.98. The van der Waals surface area contributed by atoms with Crippen molar-refractivity contribution in [3.05, 3.63) is 86.2 Å². The zero-order valence-corrected chi connectivity index (χ0v) is 19.9. The lowest BCUT2D eigenvalue weighted by Crippen LogP contribution is -2.15. The summed E-state index contributed by atoms with van der Waals surface area (Å²) >= 11 is 0. The maximum atomic E-state index is 12.7. The number of aryl methyl sites for hydroxylation is 1. The number of nitrogens with zero attached hydrogens (tertiary/aromatic N) is 3. The van der Waals surface area contributed by atoms with Gasteiger partial charge in [0, 0.05) is 40.3 Å². The van der Waals surface area contributed by atoms with Crippen molar-refractivity contribution in [2.75, 3.05) is 13.9 Å². The second-order valence-electron chi connectivity index (χ2n) is 8.07. The van der Waals surface area contributed by atoms with Crippen molar-refractivity contribution >= 4 is 17.7 Å². The van der Waals surface area contributed by atoms with Crippen molar-refractivity contribution in [2.24, 2.45) is 0 Å². The predicted molar refractivity (Wildman–Crippen MR) is 129 cm³/mol. The van der Waals surface area contributed by atoms with E-state index in [0.717, 1.165) is 22.8 Å². The lowest BCUT2D eigenvalue weighted by molar-refractivity contribution is -0.385. The number of ether oxygens (including phenoxy) is 4. The number of nitro benzene ring substituents is 1. The zero-order chi connectivity index (χ0) is 25.8. The topological polar surface area (TPSA) is 126 Å². The molecule has 0 saturated carbocycles. The minimum Gasteiger partial charge on any atom is -0.497 e. The van der Waals surface area contributed by atoms with E-state index >= 15 is 0 Å². The van der Waals surface area contributed by atoms with Gasteiger partial charge in [-0.05, 0) is 55.8 Å². The van der Waals surface area contributed by atoms with Gasteiger partial charge in [0.15, 0.2) is 6.79 Å². The summed E-state index contributed by atoms with van der Waals surface area (Å²) in [5.41, 5.74) is 3.78. The van der Waals surface area contributed by atoms with Crippen LogP contribution < -0.4 is 9.47 Å². The number of nitriles is 1. The van der Waals surface area contributed by atoms with Gasteiger partial charge in [-0.1, -0.05) is 0 Å². The number of carbonyl (C=O) groups is 1. The molecule has 2 aromatic carbocycles. The Morgan fingerprint density at radius 1 is 1.25 bits per heavy atom. The summed E-state index contributed by atoms with van der Waals surface area (Å²) in [4.78, 5) is 23.5. The first kappa shape index (κ1) is 24.5. The van der Waals surface area contributed by atoms with Crippen LogP contribution in [0.25, 0.3) is 11.8 Å². The van der Waals surface area contributed by atoms with Crippen LogP contribution in [-0.2, 0) is 27.5 Å². The van der Waals surface area contributed by atoms with Crippen LogP contribution in [0.5, 0.6) is 11.5 Å². The minimum atomic E-state index is -0.848. The molecule has 0 saturated heterocycles. The van der Waals surface area contributed by atoms with Gasteiger partial charge in [-0.3, -0.25) is 10.1 Å².